The van der Waals surface area contributed by atoms with Crippen LogP contribution >= 0.6 is 15.9 Å². The summed E-state index contributed by atoms with van der Waals surface area (Å²) in [5, 5.41) is 0. The molecule has 1 aliphatic heterocycles. The van der Waals surface area contributed by atoms with Crippen molar-refractivity contribution in [2.75, 3.05) is 11.3 Å². The molecule has 0 radical (unpaired) electrons. The van der Waals surface area contributed by atoms with E-state index in [1.807, 2.05) is 6.92 Å². The van der Waals surface area contributed by atoms with E-state index in [0.29, 0.717) is 44.7 Å². The Labute approximate surface area is 225 Å². The van der Waals surface area contributed by atoms with Crippen LogP contribution in [0.1, 0.15) is 41.4 Å². The van der Waals surface area contributed by atoms with Gasteiger partial charge in [-0.3, -0.25) is 4.72 Å². The fourth-order valence-electron chi connectivity index (χ4n) is 4.33. The van der Waals surface area contributed by atoms with Gasteiger partial charge >= 0.3 is 21.5 Å². The second-order valence-corrected chi connectivity index (χ2v) is 10.7. The van der Waals surface area contributed by atoms with E-state index in [1.165, 1.54) is 30.7 Å². The predicted molar refractivity (Wildman–Crippen MR) is 138 cm³/mol. The number of imidazole rings is 1. The van der Waals surface area contributed by atoms with Crippen molar-refractivity contribution in [1.29, 1.82) is 0 Å². The van der Waals surface area contributed by atoms with Gasteiger partial charge in [0.1, 0.15) is 5.82 Å². The highest BCUT2D eigenvalue weighted by Crippen LogP contribution is 2.48. The third-order valence-electron chi connectivity index (χ3n) is 5.94. The highest BCUT2D eigenvalue weighted by molar-refractivity contribution is 9.10. The van der Waals surface area contributed by atoms with Crippen LogP contribution < -0.4 is 4.72 Å². The first-order valence-corrected chi connectivity index (χ1v) is 13.8. The molecule has 1 aromatic heterocycles. The van der Waals surface area contributed by atoms with Crippen LogP contribution in [0.5, 0.6) is 0 Å². The van der Waals surface area contributed by atoms with E-state index < -0.39 is 21.5 Å². The van der Waals surface area contributed by atoms with E-state index in [2.05, 4.69) is 20.9 Å². The molecule has 8 nitrogen and oxygen atoms in total. The summed E-state index contributed by atoms with van der Waals surface area (Å²) in [7, 11) is -5.69. The lowest BCUT2D eigenvalue weighted by atomic mass is 10.0. The first-order chi connectivity index (χ1) is 17.9. The van der Waals surface area contributed by atoms with Crippen molar-refractivity contribution in [2.45, 2.75) is 39.2 Å². The number of esters is 1. The minimum atomic E-state index is -5.69. The lowest BCUT2D eigenvalue weighted by Crippen LogP contribution is -2.30. The molecular formula is C25H23BrF3N3O5S. The Morgan fingerprint density at radius 3 is 2.53 bits per heavy atom. The molecule has 13 heteroatoms. The summed E-state index contributed by atoms with van der Waals surface area (Å²) in [4.78, 5) is 17.4. The Morgan fingerprint density at radius 2 is 1.87 bits per heavy atom. The van der Waals surface area contributed by atoms with Gasteiger partial charge in [-0.25, -0.2) is 9.78 Å². The molecule has 38 heavy (non-hydrogen) atoms. The number of alkyl halides is 3. The lowest BCUT2D eigenvalue weighted by Gasteiger charge is -2.17. The number of carbonyl (C=O) groups is 1. The van der Waals surface area contributed by atoms with Gasteiger partial charge in [0.15, 0.2) is 5.69 Å². The fourth-order valence-corrected chi connectivity index (χ4v) is 5.67. The molecule has 2 heterocycles. The summed E-state index contributed by atoms with van der Waals surface area (Å²) in [5.41, 5.74) is -2.49. The lowest BCUT2D eigenvalue weighted by molar-refractivity contribution is -0.0429. The van der Waals surface area contributed by atoms with Crippen molar-refractivity contribution in [3.05, 3.63) is 70.1 Å². The maximum atomic E-state index is 13.2. The number of hydrogen-bond donors (Lipinski definition) is 1. The monoisotopic (exact) mass is 613 g/mol. The Balaban J connectivity index is 1.97. The van der Waals surface area contributed by atoms with Crippen molar-refractivity contribution >= 4 is 37.6 Å². The minimum absolute atomic E-state index is 0.0972. The molecule has 1 N–H and O–H groups in total. The van der Waals surface area contributed by atoms with Crippen LogP contribution in [0.2, 0.25) is 0 Å². The van der Waals surface area contributed by atoms with E-state index in [4.69, 9.17) is 9.15 Å². The van der Waals surface area contributed by atoms with Gasteiger partial charge in [0.05, 0.1) is 37.1 Å². The van der Waals surface area contributed by atoms with Gasteiger partial charge < -0.3 is 13.7 Å². The van der Waals surface area contributed by atoms with Gasteiger partial charge in [0.2, 0.25) is 0 Å². The van der Waals surface area contributed by atoms with Gasteiger partial charge in [-0.1, -0.05) is 25.1 Å². The number of nitrogens with one attached hydrogen (secondary N) is 1. The number of sulfonamides is 1. The second kappa shape index (κ2) is 10.4. The molecule has 1 aromatic carbocycles. The number of benzene rings is 1. The molecule has 0 atom stereocenters. The number of nitrogens with zero attached hydrogens (tertiary/aromatic N) is 2. The molecule has 0 bridgehead atoms. The van der Waals surface area contributed by atoms with Crippen molar-refractivity contribution < 1.29 is 35.5 Å². The van der Waals surface area contributed by atoms with Crippen molar-refractivity contribution in [3.8, 4) is 22.3 Å². The largest absolute Gasteiger partial charge is 0.516 e. The smallest absolute Gasteiger partial charge is 0.472 e. The van der Waals surface area contributed by atoms with Crippen LogP contribution in [-0.2, 0) is 27.7 Å². The third-order valence-corrected chi connectivity index (χ3v) is 7.86. The van der Waals surface area contributed by atoms with Crippen LogP contribution in [0.3, 0.4) is 0 Å². The van der Waals surface area contributed by atoms with Crippen molar-refractivity contribution in [2.24, 2.45) is 0 Å². The van der Waals surface area contributed by atoms with Crippen LogP contribution in [0.4, 0.5) is 18.9 Å². The minimum Gasteiger partial charge on any atom is -0.472 e. The van der Waals surface area contributed by atoms with Crippen LogP contribution in [0, 0.1) is 6.92 Å². The molecule has 0 fully saturated rings. The van der Waals surface area contributed by atoms with E-state index in [-0.39, 0.29) is 30.1 Å². The number of rotatable bonds is 8. The van der Waals surface area contributed by atoms with Crippen LogP contribution in [0.25, 0.3) is 22.3 Å². The Kier molecular flexibility index (Phi) is 7.62. The first kappa shape index (κ1) is 27.7. The Morgan fingerprint density at radius 1 is 1.16 bits per heavy atom. The number of hydrogen-bond acceptors (Lipinski definition) is 6. The molecule has 2 aliphatic rings. The summed E-state index contributed by atoms with van der Waals surface area (Å²) >= 11 is 3.54. The number of carbonyl (C=O) groups excluding carboxylic acids is 1. The number of aromatic nitrogens is 2. The number of anilines is 1. The highest BCUT2D eigenvalue weighted by Gasteiger charge is 2.46. The Bertz CT molecular complexity index is 1580. The quantitative estimate of drug-likeness (QED) is 0.232. The zero-order valence-corrected chi connectivity index (χ0v) is 22.9. The molecule has 0 spiro atoms. The number of ether oxygens (including phenoxy) is 1. The molecular weight excluding hydrogens is 591 g/mol. The fraction of sp³-hybridized carbons (Fsp3) is 0.280. The van der Waals surface area contributed by atoms with Gasteiger partial charge in [-0.15, -0.1) is 0 Å². The van der Waals surface area contributed by atoms with Crippen LogP contribution in [-0.4, -0.2) is 36.1 Å². The highest BCUT2D eigenvalue weighted by atomic mass is 79.9. The zero-order valence-electron chi connectivity index (χ0n) is 20.5. The van der Waals surface area contributed by atoms with Gasteiger partial charge in [0.25, 0.3) is 0 Å². The predicted octanol–water partition coefficient (Wildman–Crippen LogP) is 6.37. The molecule has 4 rings (SSSR count). The third kappa shape index (κ3) is 4.92. The summed E-state index contributed by atoms with van der Waals surface area (Å²) in [6.07, 6.45) is 3.42. The standard InChI is InChI=1S/C25H23BrF3N3O5S/c1-4-20-30-14(3)23(24(33)37-5-2)32(20)12-17-15-10-11-36-13-18(15)22(26)21(17)16-8-6-7-9-19(16)31-38(34,35)25(27,28)29/h6-11,13,31H,4-5,12H2,1-3H3. The molecule has 1 aliphatic carbocycles. The molecule has 0 saturated heterocycles. The zero-order chi connectivity index (χ0) is 27.8. The Hall–Kier alpha value is -3.32. The molecule has 0 unspecified atom stereocenters. The number of fused-ring (bicyclic) bond motifs is 1. The average Bonchev–Trinajstić information content (AvgIpc) is 3.32. The topological polar surface area (TPSA) is 103 Å². The molecule has 0 saturated carbocycles. The number of aryl methyl sites for hydroxylation is 2. The summed E-state index contributed by atoms with van der Waals surface area (Å²) in [6, 6.07) is 7.47. The molecule has 2 aromatic rings. The number of para-hydroxylation sites is 1. The van der Waals surface area contributed by atoms with Crippen LogP contribution in [0.15, 0.2) is 51.7 Å². The summed E-state index contributed by atoms with van der Waals surface area (Å²) < 4.78 is 78.0. The van der Waals surface area contributed by atoms with Crippen molar-refractivity contribution in [1.82, 2.24) is 9.55 Å². The second-order valence-electron chi connectivity index (χ2n) is 8.27. The number of halogens is 4. The summed E-state index contributed by atoms with van der Waals surface area (Å²) in [6.45, 7) is 5.53. The van der Waals surface area contributed by atoms with E-state index in [0.717, 1.165) is 0 Å². The van der Waals surface area contributed by atoms with Crippen molar-refractivity contribution in [3.63, 3.8) is 0 Å². The first-order valence-electron chi connectivity index (χ1n) is 11.5. The molecule has 0 amide bonds. The maximum absolute atomic E-state index is 13.2. The van der Waals surface area contributed by atoms with Gasteiger partial charge in [-0.05, 0) is 53.0 Å². The van der Waals surface area contributed by atoms with Gasteiger partial charge in [-0.2, -0.15) is 21.6 Å². The van der Waals surface area contributed by atoms with E-state index in [9.17, 15) is 26.4 Å². The SMILES string of the molecule is CCOC(=O)c1c(C)nc(CC)n1Cc1c2ccocc-2c(Br)c1-c1ccccc1NS(=O)(=O)C(F)(F)F. The maximum Gasteiger partial charge on any atom is 0.516 e. The normalized spacial score (nSPS) is 12.2. The molecule has 202 valence electrons. The van der Waals surface area contributed by atoms with Gasteiger partial charge in [0, 0.05) is 27.6 Å². The average molecular weight is 614 g/mol. The summed E-state index contributed by atoms with van der Waals surface area (Å²) in [5.74, 6) is 0.0515. The van der Waals surface area contributed by atoms with E-state index in [1.54, 1.807) is 35.3 Å². The van der Waals surface area contributed by atoms with E-state index >= 15 is 0 Å².